The number of rotatable bonds is 3. The number of carbonyl (C=O) groups is 1. The van der Waals surface area contributed by atoms with Gasteiger partial charge in [0.2, 0.25) is 0 Å². The van der Waals surface area contributed by atoms with E-state index >= 15 is 0 Å². The van der Waals surface area contributed by atoms with Crippen molar-refractivity contribution in [2.75, 3.05) is 12.3 Å². The van der Waals surface area contributed by atoms with Crippen molar-refractivity contribution in [3.05, 3.63) is 28.8 Å². The van der Waals surface area contributed by atoms with Gasteiger partial charge in [0.15, 0.2) is 0 Å². The lowest BCUT2D eigenvalue weighted by atomic mass is 9.80. The Morgan fingerprint density at radius 1 is 1.37 bits per heavy atom. The number of carbonyl (C=O) groups excluding carboxylic acids is 1. The highest BCUT2D eigenvalue weighted by Gasteiger charge is 2.21. The van der Waals surface area contributed by atoms with Crippen LogP contribution in [0.5, 0.6) is 0 Å². The van der Waals surface area contributed by atoms with E-state index in [4.69, 9.17) is 17.3 Å². The Hall–Kier alpha value is -1.22. The Labute approximate surface area is 119 Å². The SMILES string of the molecule is CC1CCCCC1CNC(=O)c1cc(N)cc(Cl)c1. The van der Waals surface area contributed by atoms with Crippen LogP contribution in [0, 0.1) is 11.8 Å². The highest BCUT2D eigenvalue weighted by Crippen LogP contribution is 2.29. The minimum atomic E-state index is -0.0908. The van der Waals surface area contributed by atoms with E-state index in [-0.39, 0.29) is 5.91 Å². The smallest absolute Gasteiger partial charge is 0.251 e. The van der Waals surface area contributed by atoms with Gasteiger partial charge in [0.25, 0.3) is 5.91 Å². The van der Waals surface area contributed by atoms with Gasteiger partial charge in [-0.25, -0.2) is 0 Å². The number of hydrogen-bond donors (Lipinski definition) is 2. The summed E-state index contributed by atoms with van der Waals surface area (Å²) in [5, 5.41) is 3.50. The van der Waals surface area contributed by atoms with Gasteiger partial charge >= 0.3 is 0 Å². The van der Waals surface area contributed by atoms with Gasteiger partial charge in [-0.15, -0.1) is 0 Å². The normalized spacial score (nSPS) is 23.1. The van der Waals surface area contributed by atoms with Crippen LogP contribution in [0.25, 0.3) is 0 Å². The molecular formula is C15H21ClN2O. The predicted octanol–water partition coefficient (Wildman–Crippen LogP) is 3.48. The molecule has 1 aliphatic rings. The molecule has 0 spiro atoms. The van der Waals surface area contributed by atoms with Crippen LogP contribution >= 0.6 is 11.6 Å². The summed E-state index contributed by atoms with van der Waals surface area (Å²) in [6.07, 6.45) is 5.06. The fourth-order valence-electron chi connectivity index (χ4n) is 2.77. The van der Waals surface area contributed by atoms with E-state index in [1.807, 2.05) is 0 Å². The molecule has 104 valence electrons. The summed E-state index contributed by atoms with van der Waals surface area (Å²) in [4.78, 5) is 12.1. The van der Waals surface area contributed by atoms with E-state index in [9.17, 15) is 4.79 Å². The van der Waals surface area contributed by atoms with E-state index in [0.29, 0.717) is 28.1 Å². The van der Waals surface area contributed by atoms with Crippen molar-refractivity contribution in [2.45, 2.75) is 32.6 Å². The Balaban J connectivity index is 1.93. The molecule has 19 heavy (non-hydrogen) atoms. The van der Waals surface area contributed by atoms with Crippen LogP contribution in [0.1, 0.15) is 43.0 Å². The molecule has 2 rings (SSSR count). The second-order valence-corrected chi connectivity index (χ2v) is 5.94. The van der Waals surface area contributed by atoms with E-state index in [0.717, 1.165) is 6.54 Å². The van der Waals surface area contributed by atoms with Gasteiger partial charge in [-0.1, -0.05) is 37.8 Å². The summed E-state index contributed by atoms with van der Waals surface area (Å²) in [6.45, 7) is 3.01. The molecule has 1 aromatic carbocycles. The molecule has 0 aromatic heterocycles. The Bertz CT molecular complexity index is 441. The molecule has 0 saturated heterocycles. The van der Waals surface area contributed by atoms with Crippen molar-refractivity contribution < 1.29 is 4.79 Å². The average molecular weight is 281 g/mol. The first kappa shape index (κ1) is 14.2. The molecule has 3 nitrogen and oxygen atoms in total. The molecule has 2 unspecified atom stereocenters. The van der Waals surface area contributed by atoms with Crippen LogP contribution in [0.15, 0.2) is 18.2 Å². The summed E-state index contributed by atoms with van der Waals surface area (Å²) in [5.74, 6) is 1.19. The molecular weight excluding hydrogens is 260 g/mol. The summed E-state index contributed by atoms with van der Waals surface area (Å²) < 4.78 is 0. The number of halogens is 1. The van der Waals surface area contributed by atoms with Crippen LogP contribution < -0.4 is 11.1 Å². The van der Waals surface area contributed by atoms with Gasteiger partial charge in [0, 0.05) is 22.8 Å². The molecule has 1 aliphatic carbocycles. The van der Waals surface area contributed by atoms with Gasteiger partial charge in [0.1, 0.15) is 0 Å². The first-order valence-corrected chi connectivity index (χ1v) is 7.28. The third-order valence-corrected chi connectivity index (χ3v) is 4.21. The Morgan fingerprint density at radius 3 is 2.79 bits per heavy atom. The second-order valence-electron chi connectivity index (χ2n) is 5.51. The first-order valence-electron chi connectivity index (χ1n) is 6.90. The molecule has 0 radical (unpaired) electrons. The zero-order valence-corrected chi connectivity index (χ0v) is 12.0. The first-order chi connectivity index (χ1) is 9.06. The van der Waals surface area contributed by atoms with E-state index < -0.39 is 0 Å². The fourth-order valence-corrected chi connectivity index (χ4v) is 3.01. The lowest BCUT2D eigenvalue weighted by Crippen LogP contribution is -2.33. The summed E-state index contributed by atoms with van der Waals surface area (Å²) in [5.41, 5.74) is 6.75. The minimum Gasteiger partial charge on any atom is -0.399 e. The molecule has 3 N–H and O–H groups in total. The topological polar surface area (TPSA) is 55.1 Å². The standard InChI is InChI=1S/C15H21ClN2O/c1-10-4-2-3-5-11(10)9-18-15(19)12-6-13(16)8-14(17)7-12/h6-8,10-11H,2-5,9,17H2,1H3,(H,18,19). The van der Waals surface area contributed by atoms with Gasteiger partial charge in [-0.05, 0) is 36.5 Å². The van der Waals surface area contributed by atoms with Gasteiger partial charge < -0.3 is 11.1 Å². The zero-order valence-electron chi connectivity index (χ0n) is 11.3. The molecule has 0 heterocycles. The summed E-state index contributed by atoms with van der Waals surface area (Å²) in [7, 11) is 0. The highest BCUT2D eigenvalue weighted by atomic mass is 35.5. The maximum atomic E-state index is 12.1. The molecule has 1 saturated carbocycles. The van der Waals surface area contributed by atoms with Crippen molar-refractivity contribution >= 4 is 23.2 Å². The molecule has 1 amide bonds. The van der Waals surface area contributed by atoms with Crippen LogP contribution in [-0.4, -0.2) is 12.5 Å². The lowest BCUT2D eigenvalue weighted by Gasteiger charge is -2.28. The Kier molecular flexibility index (Phi) is 4.70. The number of nitrogen functional groups attached to an aromatic ring is 1. The van der Waals surface area contributed by atoms with Crippen molar-refractivity contribution in [1.29, 1.82) is 0 Å². The quantitative estimate of drug-likeness (QED) is 0.833. The van der Waals surface area contributed by atoms with Crippen molar-refractivity contribution in [3.63, 3.8) is 0 Å². The molecule has 0 aliphatic heterocycles. The summed E-state index contributed by atoms with van der Waals surface area (Å²) in [6, 6.07) is 4.95. The lowest BCUT2D eigenvalue weighted by molar-refractivity contribution is 0.0936. The molecule has 1 aromatic rings. The predicted molar refractivity (Wildman–Crippen MR) is 79.3 cm³/mol. The fraction of sp³-hybridized carbons (Fsp3) is 0.533. The monoisotopic (exact) mass is 280 g/mol. The maximum absolute atomic E-state index is 12.1. The van der Waals surface area contributed by atoms with Crippen molar-refractivity contribution in [3.8, 4) is 0 Å². The van der Waals surface area contributed by atoms with Crippen LogP contribution in [0.2, 0.25) is 5.02 Å². The minimum absolute atomic E-state index is 0.0908. The van der Waals surface area contributed by atoms with Crippen LogP contribution in [0.3, 0.4) is 0 Å². The number of anilines is 1. The van der Waals surface area contributed by atoms with E-state index in [1.54, 1.807) is 18.2 Å². The Morgan fingerprint density at radius 2 is 2.11 bits per heavy atom. The van der Waals surface area contributed by atoms with Crippen molar-refractivity contribution in [1.82, 2.24) is 5.32 Å². The van der Waals surface area contributed by atoms with Gasteiger partial charge in [-0.2, -0.15) is 0 Å². The van der Waals surface area contributed by atoms with Gasteiger partial charge in [-0.3, -0.25) is 4.79 Å². The maximum Gasteiger partial charge on any atom is 0.251 e. The third kappa shape index (κ3) is 3.87. The number of hydrogen-bond acceptors (Lipinski definition) is 2. The zero-order chi connectivity index (χ0) is 13.8. The van der Waals surface area contributed by atoms with Gasteiger partial charge in [0.05, 0.1) is 0 Å². The van der Waals surface area contributed by atoms with E-state index in [2.05, 4.69) is 12.2 Å². The third-order valence-electron chi connectivity index (χ3n) is 4.00. The number of amides is 1. The van der Waals surface area contributed by atoms with E-state index in [1.165, 1.54) is 25.7 Å². The number of nitrogens with one attached hydrogen (secondary N) is 1. The molecule has 1 fully saturated rings. The number of benzene rings is 1. The largest absolute Gasteiger partial charge is 0.399 e. The second kappa shape index (κ2) is 6.29. The molecule has 2 atom stereocenters. The van der Waals surface area contributed by atoms with Crippen molar-refractivity contribution in [2.24, 2.45) is 11.8 Å². The average Bonchev–Trinajstić information content (AvgIpc) is 2.36. The molecule has 4 heteroatoms. The summed E-state index contributed by atoms with van der Waals surface area (Å²) >= 11 is 5.91. The number of nitrogens with two attached hydrogens (primary N) is 1. The van der Waals surface area contributed by atoms with Crippen LogP contribution in [0.4, 0.5) is 5.69 Å². The van der Waals surface area contributed by atoms with Crippen LogP contribution in [-0.2, 0) is 0 Å². The highest BCUT2D eigenvalue weighted by molar-refractivity contribution is 6.31. The molecule has 0 bridgehead atoms.